The molecule has 0 bridgehead atoms. The van der Waals surface area contributed by atoms with Crippen LogP contribution >= 0.6 is 0 Å². The Morgan fingerprint density at radius 1 is 1.60 bits per heavy atom. The van der Waals surface area contributed by atoms with E-state index < -0.39 is 0 Å². The zero-order valence-corrected chi connectivity index (χ0v) is 7.06. The number of nitrogens with one attached hydrogen (secondary N) is 1. The average Bonchev–Trinajstić information content (AvgIpc) is 2.40. The molecule has 10 heavy (non-hydrogen) atoms. The highest BCUT2D eigenvalue weighted by molar-refractivity contribution is 4.76. The van der Waals surface area contributed by atoms with Gasteiger partial charge in [-0.2, -0.15) is 0 Å². The maximum Gasteiger partial charge on any atom is 0.0195 e. The molecule has 1 fully saturated rings. The monoisotopic (exact) mass is 142 g/mol. The van der Waals surface area contributed by atoms with E-state index >= 15 is 0 Å². The van der Waals surface area contributed by atoms with Crippen molar-refractivity contribution >= 4 is 0 Å². The molecule has 2 nitrogen and oxygen atoms in total. The number of nitrogens with zero attached hydrogens (tertiary/aromatic N) is 1. The van der Waals surface area contributed by atoms with Crippen molar-refractivity contribution in [3.05, 3.63) is 0 Å². The Kier molecular flexibility index (Phi) is 3.16. The number of rotatable bonds is 3. The van der Waals surface area contributed by atoms with E-state index in [-0.39, 0.29) is 0 Å². The van der Waals surface area contributed by atoms with E-state index in [4.69, 9.17) is 0 Å². The van der Waals surface area contributed by atoms with Gasteiger partial charge in [0.05, 0.1) is 0 Å². The zero-order chi connectivity index (χ0) is 7.40. The lowest BCUT2D eigenvalue weighted by Gasteiger charge is -2.18. The molecular formula is C8H18N2. The van der Waals surface area contributed by atoms with Crippen LogP contribution in [0.2, 0.25) is 0 Å². The number of likely N-dealkylation sites (N-methyl/N-ethyl adjacent to an activating group) is 1. The van der Waals surface area contributed by atoms with Gasteiger partial charge in [0.2, 0.25) is 0 Å². The number of hydrogen-bond donors (Lipinski definition) is 1. The number of hydrogen-bond acceptors (Lipinski definition) is 2. The second-order valence-corrected chi connectivity index (χ2v) is 3.15. The molecule has 0 aromatic heterocycles. The summed E-state index contributed by atoms with van der Waals surface area (Å²) in [6.45, 7) is 5.81. The zero-order valence-electron chi connectivity index (χ0n) is 7.06. The summed E-state index contributed by atoms with van der Waals surface area (Å²) in [4.78, 5) is 2.36. The van der Waals surface area contributed by atoms with Gasteiger partial charge in [-0.15, -0.1) is 0 Å². The molecule has 0 amide bonds. The summed E-state index contributed by atoms with van der Waals surface area (Å²) in [5.74, 6) is 0. The summed E-state index contributed by atoms with van der Waals surface area (Å²) in [5.41, 5.74) is 0. The molecule has 1 aliphatic rings. The van der Waals surface area contributed by atoms with E-state index in [2.05, 4.69) is 24.2 Å². The Morgan fingerprint density at radius 3 is 2.90 bits per heavy atom. The lowest BCUT2D eigenvalue weighted by atomic mass is 10.2. The summed E-state index contributed by atoms with van der Waals surface area (Å²) in [6, 6.07) is 0.768. The largest absolute Gasteiger partial charge is 0.313 e. The second-order valence-electron chi connectivity index (χ2n) is 3.15. The van der Waals surface area contributed by atoms with E-state index in [0.717, 1.165) is 12.6 Å². The lowest BCUT2D eigenvalue weighted by molar-refractivity contribution is 0.315. The molecular weight excluding hydrogens is 124 g/mol. The van der Waals surface area contributed by atoms with Crippen molar-refractivity contribution in [2.75, 3.05) is 26.7 Å². The van der Waals surface area contributed by atoms with Gasteiger partial charge in [0, 0.05) is 12.6 Å². The predicted molar refractivity (Wildman–Crippen MR) is 44.2 cm³/mol. The second kappa shape index (κ2) is 3.94. The molecule has 2 heteroatoms. The van der Waals surface area contributed by atoms with Crippen LogP contribution in [-0.4, -0.2) is 37.6 Å². The molecule has 1 unspecified atom stereocenters. The first kappa shape index (κ1) is 8.02. The third kappa shape index (κ3) is 2.27. The molecule has 0 saturated carbocycles. The van der Waals surface area contributed by atoms with Crippen LogP contribution in [0.15, 0.2) is 0 Å². The van der Waals surface area contributed by atoms with E-state index in [0.29, 0.717) is 0 Å². The predicted octanol–water partition coefficient (Wildman–Crippen LogP) is 0.690. The van der Waals surface area contributed by atoms with E-state index in [1.165, 1.54) is 25.9 Å². The summed E-state index contributed by atoms with van der Waals surface area (Å²) in [6.07, 6.45) is 2.73. The first-order chi connectivity index (χ1) is 4.83. The van der Waals surface area contributed by atoms with Gasteiger partial charge in [-0.05, 0) is 33.0 Å². The summed E-state index contributed by atoms with van der Waals surface area (Å²) >= 11 is 0. The maximum absolute atomic E-state index is 3.48. The molecule has 1 aliphatic heterocycles. The van der Waals surface area contributed by atoms with Crippen molar-refractivity contribution in [1.29, 1.82) is 0 Å². The Bertz CT molecular complexity index is 87.3. The van der Waals surface area contributed by atoms with Crippen LogP contribution in [0.5, 0.6) is 0 Å². The van der Waals surface area contributed by atoms with Crippen molar-refractivity contribution in [1.82, 2.24) is 10.2 Å². The van der Waals surface area contributed by atoms with Gasteiger partial charge in [0.1, 0.15) is 0 Å². The Hall–Kier alpha value is -0.0800. The van der Waals surface area contributed by atoms with Gasteiger partial charge >= 0.3 is 0 Å². The van der Waals surface area contributed by atoms with Crippen LogP contribution in [0.25, 0.3) is 0 Å². The Balaban J connectivity index is 2.11. The molecule has 0 radical (unpaired) electrons. The molecule has 0 aliphatic carbocycles. The van der Waals surface area contributed by atoms with Crippen LogP contribution in [-0.2, 0) is 0 Å². The highest BCUT2D eigenvalue weighted by atomic mass is 15.1. The van der Waals surface area contributed by atoms with Crippen LogP contribution in [0.1, 0.15) is 19.8 Å². The van der Waals surface area contributed by atoms with Crippen LogP contribution < -0.4 is 5.32 Å². The van der Waals surface area contributed by atoms with Crippen molar-refractivity contribution < 1.29 is 0 Å². The SMILES string of the molecule is CCN(C)CC1CCCN1. The Labute approximate surface area is 63.6 Å². The third-order valence-electron chi connectivity index (χ3n) is 2.23. The van der Waals surface area contributed by atoms with Crippen LogP contribution in [0, 0.1) is 0 Å². The minimum atomic E-state index is 0.768. The molecule has 0 aromatic carbocycles. The highest BCUT2D eigenvalue weighted by Crippen LogP contribution is 2.05. The van der Waals surface area contributed by atoms with Gasteiger partial charge in [0.15, 0.2) is 0 Å². The van der Waals surface area contributed by atoms with Crippen molar-refractivity contribution in [3.63, 3.8) is 0 Å². The fourth-order valence-electron chi connectivity index (χ4n) is 1.42. The Morgan fingerprint density at radius 2 is 2.40 bits per heavy atom. The van der Waals surface area contributed by atoms with E-state index in [1.54, 1.807) is 0 Å². The molecule has 1 saturated heterocycles. The molecule has 1 heterocycles. The van der Waals surface area contributed by atoms with Crippen molar-refractivity contribution in [2.24, 2.45) is 0 Å². The van der Waals surface area contributed by atoms with E-state index in [9.17, 15) is 0 Å². The van der Waals surface area contributed by atoms with Gasteiger partial charge in [0.25, 0.3) is 0 Å². The molecule has 0 aromatic rings. The van der Waals surface area contributed by atoms with Crippen LogP contribution in [0.3, 0.4) is 0 Å². The van der Waals surface area contributed by atoms with Gasteiger partial charge in [-0.25, -0.2) is 0 Å². The van der Waals surface area contributed by atoms with Crippen molar-refractivity contribution in [2.45, 2.75) is 25.8 Å². The smallest absolute Gasteiger partial charge is 0.0195 e. The fraction of sp³-hybridized carbons (Fsp3) is 1.00. The lowest BCUT2D eigenvalue weighted by Crippen LogP contribution is -2.35. The van der Waals surface area contributed by atoms with Gasteiger partial charge < -0.3 is 10.2 Å². The normalized spacial score (nSPS) is 26.1. The summed E-state index contributed by atoms with van der Waals surface area (Å²) < 4.78 is 0. The average molecular weight is 142 g/mol. The molecule has 1 N–H and O–H groups in total. The van der Waals surface area contributed by atoms with Crippen LogP contribution in [0.4, 0.5) is 0 Å². The topological polar surface area (TPSA) is 15.3 Å². The minimum Gasteiger partial charge on any atom is -0.313 e. The minimum absolute atomic E-state index is 0.768. The van der Waals surface area contributed by atoms with Gasteiger partial charge in [-0.1, -0.05) is 6.92 Å². The first-order valence-electron chi connectivity index (χ1n) is 4.25. The quantitative estimate of drug-likeness (QED) is 0.623. The van der Waals surface area contributed by atoms with Gasteiger partial charge in [-0.3, -0.25) is 0 Å². The molecule has 1 rings (SSSR count). The fourth-order valence-corrected chi connectivity index (χ4v) is 1.42. The summed E-state index contributed by atoms with van der Waals surface area (Å²) in [5, 5.41) is 3.48. The van der Waals surface area contributed by atoms with Crippen molar-refractivity contribution in [3.8, 4) is 0 Å². The first-order valence-corrected chi connectivity index (χ1v) is 4.25. The molecule has 1 atom stereocenters. The maximum atomic E-state index is 3.48. The molecule has 60 valence electrons. The highest BCUT2D eigenvalue weighted by Gasteiger charge is 2.14. The molecule has 0 spiro atoms. The standard InChI is InChI=1S/C8H18N2/c1-3-10(2)7-8-5-4-6-9-8/h8-9H,3-7H2,1-2H3. The van der Waals surface area contributed by atoms with E-state index in [1.807, 2.05) is 0 Å². The third-order valence-corrected chi connectivity index (χ3v) is 2.23. The summed E-state index contributed by atoms with van der Waals surface area (Å²) in [7, 11) is 2.18.